The molecule has 90 valence electrons. The second-order valence-electron chi connectivity index (χ2n) is 4.31. The standard InChI is InChI=1S/C12H16N4S/c1-3-7-16-11(6-1)14-12(15-16)13-9-10-5-2-4-8-17-10/h1,3,6-7,10H,2,4-5,8-9H2,(H,13,15). The van der Waals surface area contributed by atoms with Gasteiger partial charge < -0.3 is 5.32 Å². The van der Waals surface area contributed by atoms with E-state index in [1.54, 1.807) is 4.52 Å². The van der Waals surface area contributed by atoms with Crippen molar-refractivity contribution in [3.63, 3.8) is 0 Å². The van der Waals surface area contributed by atoms with E-state index in [1.165, 1.54) is 25.0 Å². The lowest BCUT2D eigenvalue weighted by molar-refractivity contribution is 0.676. The molecule has 0 spiro atoms. The molecule has 1 fully saturated rings. The van der Waals surface area contributed by atoms with E-state index in [0.717, 1.165) is 23.4 Å². The fourth-order valence-electron chi connectivity index (χ4n) is 2.08. The number of hydrogen-bond acceptors (Lipinski definition) is 4. The van der Waals surface area contributed by atoms with Crippen LogP contribution in [-0.4, -0.2) is 32.1 Å². The number of nitrogens with zero attached hydrogens (tertiary/aromatic N) is 3. The minimum absolute atomic E-state index is 0.718. The van der Waals surface area contributed by atoms with Gasteiger partial charge in [-0.2, -0.15) is 16.7 Å². The molecule has 5 heteroatoms. The number of anilines is 1. The Morgan fingerprint density at radius 1 is 1.41 bits per heavy atom. The Labute approximate surface area is 105 Å². The molecule has 0 saturated carbocycles. The zero-order valence-corrected chi connectivity index (χ0v) is 10.5. The smallest absolute Gasteiger partial charge is 0.243 e. The van der Waals surface area contributed by atoms with Gasteiger partial charge in [-0.1, -0.05) is 12.5 Å². The molecule has 0 aromatic carbocycles. The average Bonchev–Trinajstić information content (AvgIpc) is 2.80. The number of pyridine rings is 1. The van der Waals surface area contributed by atoms with E-state index in [0.29, 0.717) is 0 Å². The fourth-order valence-corrected chi connectivity index (χ4v) is 3.32. The van der Waals surface area contributed by atoms with Crippen LogP contribution in [0.15, 0.2) is 24.4 Å². The molecule has 17 heavy (non-hydrogen) atoms. The summed E-state index contributed by atoms with van der Waals surface area (Å²) in [5.74, 6) is 2.03. The van der Waals surface area contributed by atoms with Gasteiger partial charge in [-0.3, -0.25) is 0 Å². The molecule has 0 bridgehead atoms. The first-order valence-corrected chi connectivity index (χ1v) is 7.13. The van der Waals surface area contributed by atoms with Crippen LogP contribution in [-0.2, 0) is 0 Å². The van der Waals surface area contributed by atoms with Crippen molar-refractivity contribution in [2.45, 2.75) is 24.5 Å². The molecule has 3 heterocycles. The summed E-state index contributed by atoms with van der Waals surface area (Å²) in [5.41, 5.74) is 0.895. The van der Waals surface area contributed by atoms with Gasteiger partial charge in [0.2, 0.25) is 5.95 Å². The van der Waals surface area contributed by atoms with Crippen LogP contribution < -0.4 is 5.32 Å². The molecule has 0 amide bonds. The molecule has 4 nitrogen and oxygen atoms in total. The van der Waals surface area contributed by atoms with Crippen LogP contribution in [0.4, 0.5) is 5.95 Å². The SMILES string of the molecule is c1ccn2nc(NCC3CCCCS3)nc2c1. The molecule has 1 unspecified atom stereocenters. The van der Waals surface area contributed by atoms with Crippen molar-refractivity contribution in [3.05, 3.63) is 24.4 Å². The number of aromatic nitrogens is 3. The lowest BCUT2D eigenvalue weighted by Gasteiger charge is -2.20. The van der Waals surface area contributed by atoms with Crippen LogP contribution in [0.5, 0.6) is 0 Å². The van der Waals surface area contributed by atoms with Gasteiger partial charge in [0.15, 0.2) is 5.65 Å². The van der Waals surface area contributed by atoms with Gasteiger partial charge in [0, 0.05) is 18.0 Å². The normalized spacial score (nSPS) is 20.6. The summed E-state index contributed by atoms with van der Waals surface area (Å²) < 4.78 is 1.80. The van der Waals surface area contributed by atoms with Crippen LogP contribution in [0.25, 0.3) is 5.65 Å². The Morgan fingerprint density at radius 2 is 2.41 bits per heavy atom. The van der Waals surface area contributed by atoms with E-state index in [-0.39, 0.29) is 0 Å². The van der Waals surface area contributed by atoms with Crippen LogP contribution in [0.2, 0.25) is 0 Å². The summed E-state index contributed by atoms with van der Waals surface area (Å²) in [5, 5.41) is 8.44. The highest BCUT2D eigenvalue weighted by Crippen LogP contribution is 2.24. The van der Waals surface area contributed by atoms with Crippen molar-refractivity contribution in [1.82, 2.24) is 14.6 Å². The summed E-state index contributed by atoms with van der Waals surface area (Å²) >= 11 is 2.06. The summed E-state index contributed by atoms with van der Waals surface area (Å²) in [7, 11) is 0. The van der Waals surface area contributed by atoms with Crippen molar-refractivity contribution in [1.29, 1.82) is 0 Å². The molecule has 1 aliphatic rings. The summed E-state index contributed by atoms with van der Waals surface area (Å²) in [6, 6.07) is 5.90. The van der Waals surface area contributed by atoms with Crippen molar-refractivity contribution >= 4 is 23.4 Å². The molecular weight excluding hydrogens is 232 g/mol. The second kappa shape index (κ2) is 4.96. The maximum absolute atomic E-state index is 4.43. The number of rotatable bonds is 3. The fraction of sp³-hybridized carbons (Fsp3) is 0.500. The minimum Gasteiger partial charge on any atom is -0.352 e. The highest BCUT2D eigenvalue weighted by Gasteiger charge is 2.14. The zero-order valence-electron chi connectivity index (χ0n) is 9.67. The quantitative estimate of drug-likeness (QED) is 0.906. The Balaban J connectivity index is 1.64. The number of fused-ring (bicyclic) bond motifs is 1. The molecule has 1 atom stereocenters. The summed E-state index contributed by atoms with van der Waals surface area (Å²) in [6.45, 7) is 0.974. The van der Waals surface area contributed by atoms with E-state index in [2.05, 4.69) is 27.2 Å². The third kappa shape index (κ3) is 2.54. The zero-order chi connectivity index (χ0) is 11.5. The van der Waals surface area contributed by atoms with Crippen molar-refractivity contribution in [2.24, 2.45) is 0 Å². The lowest BCUT2D eigenvalue weighted by Crippen LogP contribution is -2.20. The Morgan fingerprint density at radius 3 is 3.24 bits per heavy atom. The van der Waals surface area contributed by atoms with E-state index in [9.17, 15) is 0 Å². The Hall–Kier alpha value is -1.23. The molecule has 2 aromatic heterocycles. The first-order chi connectivity index (χ1) is 8.42. The maximum Gasteiger partial charge on any atom is 0.243 e. The highest BCUT2D eigenvalue weighted by molar-refractivity contribution is 7.99. The monoisotopic (exact) mass is 248 g/mol. The lowest BCUT2D eigenvalue weighted by atomic mass is 10.2. The second-order valence-corrected chi connectivity index (χ2v) is 5.72. The topological polar surface area (TPSA) is 42.2 Å². The molecule has 2 aromatic rings. The summed E-state index contributed by atoms with van der Waals surface area (Å²) in [6.07, 6.45) is 5.96. The number of hydrogen-bond donors (Lipinski definition) is 1. The molecule has 0 aliphatic carbocycles. The van der Waals surface area contributed by atoms with Crippen LogP contribution in [0, 0.1) is 0 Å². The Bertz CT molecular complexity index is 457. The van der Waals surface area contributed by atoms with Crippen molar-refractivity contribution < 1.29 is 0 Å². The number of thioether (sulfide) groups is 1. The van der Waals surface area contributed by atoms with Gasteiger partial charge >= 0.3 is 0 Å². The Kier molecular flexibility index (Phi) is 3.18. The van der Waals surface area contributed by atoms with Crippen molar-refractivity contribution in [3.8, 4) is 0 Å². The van der Waals surface area contributed by atoms with Crippen LogP contribution in [0.3, 0.4) is 0 Å². The molecule has 3 rings (SSSR count). The van der Waals surface area contributed by atoms with E-state index < -0.39 is 0 Å². The third-order valence-corrected chi connectivity index (χ3v) is 4.40. The largest absolute Gasteiger partial charge is 0.352 e. The van der Waals surface area contributed by atoms with E-state index in [4.69, 9.17) is 0 Å². The first-order valence-electron chi connectivity index (χ1n) is 6.09. The molecule has 1 aliphatic heterocycles. The summed E-state index contributed by atoms with van der Waals surface area (Å²) in [4.78, 5) is 4.43. The van der Waals surface area contributed by atoms with E-state index in [1.807, 2.05) is 24.4 Å². The van der Waals surface area contributed by atoms with Crippen LogP contribution in [0.1, 0.15) is 19.3 Å². The van der Waals surface area contributed by atoms with E-state index >= 15 is 0 Å². The predicted octanol–water partition coefficient (Wildman–Crippen LogP) is 2.43. The predicted molar refractivity (Wildman–Crippen MR) is 71.6 cm³/mol. The molecule has 1 saturated heterocycles. The van der Waals surface area contributed by atoms with Crippen LogP contribution >= 0.6 is 11.8 Å². The van der Waals surface area contributed by atoms with Gasteiger partial charge in [0.05, 0.1) is 0 Å². The van der Waals surface area contributed by atoms with Gasteiger partial charge in [-0.05, 0) is 30.7 Å². The highest BCUT2D eigenvalue weighted by atomic mass is 32.2. The van der Waals surface area contributed by atoms with Crippen molar-refractivity contribution in [2.75, 3.05) is 17.6 Å². The maximum atomic E-state index is 4.43. The third-order valence-electron chi connectivity index (χ3n) is 3.00. The van der Waals surface area contributed by atoms with Gasteiger partial charge in [-0.25, -0.2) is 4.52 Å². The van der Waals surface area contributed by atoms with Gasteiger partial charge in [0.25, 0.3) is 0 Å². The first kappa shape index (κ1) is 10.9. The average molecular weight is 248 g/mol. The van der Waals surface area contributed by atoms with Gasteiger partial charge in [0.1, 0.15) is 0 Å². The number of nitrogens with one attached hydrogen (secondary N) is 1. The molecule has 0 radical (unpaired) electrons. The van der Waals surface area contributed by atoms with Gasteiger partial charge in [-0.15, -0.1) is 5.10 Å². The molecule has 1 N–H and O–H groups in total. The molecular formula is C12H16N4S. The minimum atomic E-state index is 0.718.